The summed E-state index contributed by atoms with van der Waals surface area (Å²) < 4.78 is 224. The molecule has 0 aromatic heterocycles. The Hall–Kier alpha value is -2.55. The van der Waals surface area contributed by atoms with E-state index in [0.717, 1.165) is 0 Å². The second kappa shape index (κ2) is 12.3. The van der Waals surface area contributed by atoms with Crippen molar-refractivity contribution in [3.05, 3.63) is 23.0 Å². The first kappa shape index (κ1) is 37.6. The van der Waals surface area contributed by atoms with E-state index in [1.807, 2.05) is 0 Å². The van der Waals surface area contributed by atoms with E-state index >= 15 is 0 Å². The van der Waals surface area contributed by atoms with Crippen LogP contribution in [0.5, 0.6) is 0 Å². The maximum Gasteiger partial charge on any atom is 0.446 e. The van der Waals surface area contributed by atoms with Crippen LogP contribution in [0.1, 0.15) is 0 Å². The molecule has 0 spiro atoms. The minimum absolute atomic E-state index is 2.06. The molecular formula is C10H12O28S6. The van der Waals surface area contributed by atoms with Gasteiger partial charge in [-0.3, -0.25) is 27.3 Å². The van der Waals surface area contributed by atoms with Crippen molar-refractivity contribution in [1.29, 1.82) is 0 Å². The van der Waals surface area contributed by atoms with Crippen molar-refractivity contribution in [3.63, 3.8) is 0 Å². The molecule has 44 heavy (non-hydrogen) atoms. The van der Waals surface area contributed by atoms with Gasteiger partial charge in [-0.25, -0.2) is 17.3 Å². The van der Waals surface area contributed by atoms with Gasteiger partial charge in [0, 0.05) is 0 Å². The Kier molecular flexibility index (Phi) is 10.5. The predicted molar refractivity (Wildman–Crippen MR) is 118 cm³/mol. The number of carboxylic acid groups (broad SMARTS) is 1. The van der Waals surface area contributed by atoms with Gasteiger partial charge in [0.2, 0.25) is 23.6 Å². The zero-order valence-corrected chi connectivity index (χ0v) is 24.4. The third-order valence-electron chi connectivity index (χ3n) is 4.09. The van der Waals surface area contributed by atoms with Crippen LogP contribution in [-0.4, -0.2) is 114 Å². The topological polar surface area (TPSA) is 437 Å². The average molecular weight is 773 g/mol. The highest BCUT2D eigenvalue weighted by molar-refractivity contribution is 7.82. The molecule has 2 aliphatic rings. The Morgan fingerprint density at radius 1 is 0.568 bits per heavy atom. The van der Waals surface area contributed by atoms with Gasteiger partial charge < -0.3 is 27.1 Å². The molecule has 34 heteroatoms. The molecule has 2 rings (SSSR count). The van der Waals surface area contributed by atoms with E-state index in [1.165, 1.54) is 0 Å². The minimum atomic E-state index is -6.20. The Bertz CT molecular complexity index is 1890. The van der Waals surface area contributed by atoms with Gasteiger partial charge in [-0.15, -0.1) is 0 Å². The molecule has 0 saturated carbocycles. The molecule has 0 bridgehead atoms. The Balaban J connectivity index is 3.18. The first-order valence-electron chi connectivity index (χ1n) is 9.37. The monoisotopic (exact) mass is 772 g/mol. The summed E-state index contributed by atoms with van der Waals surface area (Å²) in [5.41, 5.74) is 0. The van der Waals surface area contributed by atoms with Crippen LogP contribution in [0.2, 0.25) is 0 Å². The van der Waals surface area contributed by atoms with Crippen LogP contribution < -0.4 is 0 Å². The van der Waals surface area contributed by atoms with Crippen LogP contribution in [0.25, 0.3) is 0 Å². The molecule has 5 atom stereocenters. The van der Waals surface area contributed by atoms with Crippen LogP contribution in [0.4, 0.5) is 0 Å². The van der Waals surface area contributed by atoms with Gasteiger partial charge in [-0.05, 0) is 0 Å². The van der Waals surface area contributed by atoms with Crippen molar-refractivity contribution in [2.75, 3.05) is 0 Å². The summed E-state index contributed by atoms with van der Waals surface area (Å²) in [7, 11) is -36.3. The molecule has 256 valence electrons. The summed E-state index contributed by atoms with van der Waals surface area (Å²) in [6.45, 7) is 0. The van der Waals surface area contributed by atoms with Crippen molar-refractivity contribution >= 4 is 68.4 Å². The number of rotatable bonds is 14. The fourth-order valence-corrected chi connectivity index (χ4v) is 5.49. The van der Waals surface area contributed by atoms with E-state index in [0.29, 0.717) is 0 Å². The van der Waals surface area contributed by atoms with Crippen molar-refractivity contribution in [3.8, 4) is 0 Å². The number of hydrogen-bond donors (Lipinski definition) is 7. The Morgan fingerprint density at radius 2 is 0.977 bits per heavy atom. The zero-order chi connectivity index (χ0) is 34.4. The first-order valence-corrected chi connectivity index (χ1v) is 17.6. The SMILES string of the molecule is O=C(O)C1OC(C2C(OS(=O)(=O)O)OC(OS(=O)(=O)O)C2OS(=O)(=O)O)=C(OS(=O)(=O)O)C(OS(=O)(=O)O)=C1OS(=O)(=O)O. The zero-order valence-electron chi connectivity index (χ0n) is 19.5. The van der Waals surface area contributed by atoms with E-state index in [-0.39, 0.29) is 0 Å². The molecule has 28 nitrogen and oxygen atoms in total. The maximum absolute atomic E-state index is 11.9. The fraction of sp³-hybridized carbons (Fsp3) is 0.500. The Morgan fingerprint density at radius 3 is 1.36 bits per heavy atom. The van der Waals surface area contributed by atoms with Crippen LogP contribution >= 0.6 is 0 Å². The number of ether oxygens (including phenoxy) is 2. The molecule has 0 aliphatic carbocycles. The first-order chi connectivity index (χ1) is 19.4. The fourth-order valence-electron chi connectivity index (χ4n) is 3.07. The lowest BCUT2D eigenvalue weighted by Gasteiger charge is -2.31. The quantitative estimate of drug-likeness (QED) is 0.0818. The molecule has 7 N–H and O–H groups in total. The van der Waals surface area contributed by atoms with Crippen molar-refractivity contribution in [2.24, 2.45) is 5.92 Å². The second-order valence-corrected chi connectivity index (χ2v) is 13.4. The molecule has 2 heterocycles. The minimum Gasteiger partial charge on any atom is -0.478 e. The molecule has 0 aromatic rings. The van der Waals surface area contributed by atoms with Crippen molar-refractivity contribution in [1.82, 2.24) is 0 Å². The van der Waals surface area contributed by atoms with E-state index in [4.69, 9.17) is 22.8 Å². The standard InChI is InChI=1S/C10H12O28S6/c11-8(12)7-6(36-42(22,23)24)5(35-41(19,20)21)4(34-40(16,17)18)2(31-7)1-3(33-39(13,14)15)10(38-44(28,29)30)32-9(1)37-43(25,26)27/h1,3,7,9-10H,(H,11,12)(H,13,14,15)(H,16,17,18)(H,19,20,21)(H,22,23,24)(H,25,26,27)(H,28,29,30). The van der Waals surface area contributed by atoms with Gasteiger partial charge in [-0.1, -0.05) is 0 Å². The van der Waals surface area contributed by atoms with Crippen LogP contribution in [-0.2, 0) is 102 Å². The highest BCUT2D eigenvalue weighted by atomic mass is 32.3. The summed E-state index contributed by atoms with van der Waals surface area (Å²) >= 11 is 0. The highest BCUT2D eigenvalue weighted by Gasteiger charge is 2.58. The maximum atomic E-state index is 11.9. The normalized spacial score (nSPS) is 25.8. The van der Waals surface area contributed by atoms with Gasteiger partial charge in [0.15, 0.2) is 12.0 Å². The molecule has 0 aromatic carbocycles. The lowest BCUT2D eigenvalue weighted by atomic mass is 9.97. The van der Waals surface area contributed by atoms with E-state index in [2.05, 4.69) is 34.6 Å². The van der Waals surface area contributed by atoms with Crippen LogP contribution in [0, 0.1) is 5.92 Å². The van der Waals surface area contributed by atoms with Crippen LogP contribution in [0.3, 0.4) is 0 Å². The number of carboxylic acids is 1. The van der Waals surface area contributed by atoms with E-state index in [9.17, 15) is 65.0 Å². The van der Waals surface area contributed by atoms with Crippen molar-refractivity contribution in [2.45, 2.75) is 24.8 Å². The number of carbonyl (C=O) groups is 1. The van der Waals surface area contributed by atoms with Gasteiger partial charge in [-0.2, -0.15) is 50.5 Å². The molecular weight excluding hydrogens is 760 g/mol. The smallest absolute Gasteiger partial charge is 0.446 e. The van der Waals surface area contributed by atoms with E-state index < -0.39 is 122 Å². The van der Waals surface area contributed by atoms with Gasteiger partial charge >= 0.3 is 68.4 Å². The molecule has 0 radical (unpaired) electrons. The number of hydrogen-bond acceptors (Lipinski definition) is 21. The summed E-state index contributed by atoms with van der Waals surface area (Å²) in [5, 5.41) is 9.49. The third-order valence-corrected chi connectivity index (χ3v) is 6.56. The Labute approximate surface area is 244 Å². The van der Waals surface area contributed by atoms with Gasteiger partial charge in [0.1, 0.15) is 12.0 Å². The summed E-state index contributed by atoms with van der Waals surface area (Å²) in [5.74, 6) is -14.7. The van der Waals surface area contributed by atoms with E-state index in [1.54, 1.807) is 0 Å². The molecule has 5 unspecified atom stereocenters. The summed E-state index contributed by atoms with van der Waals surface area (Å²) in [6.07, 6.45) is -12.9. The summed E-state index contributed by atoms with van der Waals surface area (Å²) in [6, 6.07) is 0. The average Bonchev–Trinajstić information content (AvgIpc) is 2.98. The van der Waals surface area contributed by atoms with Gasteiger partial charge in [0.25, 0.3) is 6.10 Å². The highest BCUT2D eigenvalue weighted by Crippen LogP contribution is 2.45. The van der Waals surface area contributed by atoms with Gasteiger partial charge in [0.05, 0.1) is 0 Å². The largest absolute Gasteiger partial charge is 0.478 e. The number of aliphatic carboxylic acids is 1. The van der Waals surface area contributed by atoms with Crippen molar-refractivity contribution < 1.29 is 122 Å². The molecule has 1 fully saturated rings. The lowest BCUT2D eigenvalue weighted by Crippen LogP contribution is -2.42. The third kappa shape index (κ3) is 11.4. The lowest BCUT2D eigenvalue weighted by molar-refractivity contribution is -0.158. The van der Waals surface area contributed by atoms with Crippen LogP contribution in [0.15, 0.2) is 23.0 Å². The molecule has 1 saturated heterocycles. The summed E-state index contributed by atoms with van der Waals surface area (Å²) in [4.78, 5) is 11.9. The predicted octanol–water partition coefficient (Wildman–Crippen LogP) is -4.52. The molecule has 2 aliphatic heterocycles. The second-order valence-electron chi connectivity index (χ2n) is 7.19. The molecule has 0 amide bonds.